The maximum Gasteiger partial charge on any atom is 0.335 e. The number of imide groups is 2. The van der Waals surface area contributed by atoms with Crippen LogP contribution >= 0.6 is 0 Å². The monoisotopic (exact) mass is 296 g/mol. The molecule has 5 nitrogen and oxygen atoms in total. The maximum absolute atomic E-state index is 13.8. The molecule has 0 atom stereocenters. The maximum atomic E-state index is 13.8. The van der Waals surface area contributed by atoms with E-state index < -0.39 is 34.9 Å². The van der Waals surface area contributed by atoms with Gasteiger partial charge in [-0.15, -0.1) is 0 Å². The Labute approximate surface area is 119 Å². The summed E-state index contributed by atoms with van der Waals surface area (Å²) in [6.07, 6.45) is 0.335. The van der Waals surface area contributed by atoms with Crippen LogP contribution in [0, 0.1) is 17.0 Å². The summed E-state index contributed by atoms with van der Waals surface area (Å²) in [5.74, 6) is -3.36. The van der Waals surface area contributed by atoms with Crippen molar-refractivity contribution in [1.82, 2.24) is 5.32 Å². The third-order valence-electron chi connectivity index (χ3n) is 3.83. The van der Waals surface area contributed by atoms with Gasteiger partial charge in [0.15, 0.2) is 0 Å². The molecule has 1 aromatic rings. The number of hydrogen-bond donors (Lipinski definition) is 1. The van der Waals surface area contributed by atoms with Crippen LogP contribution in [0.1, 0.15) is 26.7 Å². The summed E-state index contributed by atoms with van der Waals surface area (Å²) in [5, 5.41) is 2.06. The van der Waals surface area contributed by atoms with E-state index >= 15 is 0 Å². The highest BCUT2D eigenvalue weighted by Gasteiger charge is 2.52. The zero-order valence-electron chi connectivity index (χ0n) is 11.6. The molecule has 0 saturated carbocycles. The van der Waals surface area contributed by atoms with Gasteiger partial charge in [-0.1, -0.05) is 13.8 Å². The number of amides is 4. The van der Waals surface area contributed by atoms with Gasteiger partial charge in [-0.2, -0.15) is 0 Å². The molecule has 0 bridgehead atoms. The molecule has 1 aromatic carbocycles. The molecule has 1 fully saturated rings. The molecule has 4 amide bonds. The second kappa shape index (κ2) is 5.23. The van der Waals surface area contributed by atoms with Gasteiger partial charge in [-0.05, 0) is 25.0 Å². The zero-order valence-corrected chi connectivity index (χ0v) is 11.6. The van der Waals surface area contributed by atoms with E-state index in [4.69, 9.17) is 0 Å². The van der Waals surface area contributed by atoms with Crippen LogP contribution < -0.4 is 10.2 Å². The number of nitrogens with one attached hydrogen (secondary N) is 1. The summed E-state index contributed by atoms with van der Waals surface area (Å²) in [6.45, 7) is 3.27. The van der Waals surface area contributed by atoms with E-state index in [1.54, 1.807) is 13.8 Å². The van der Waals surface area contributed by atoms with Crippen molar-refractivity contribution >= 4 is 23.5 Å². The summed E-state index contributed by atoms with van der Waals surface area (Å²) < 4.78 is 26.8. The van der Waals surface area contributed by atoms with Crippen LogP contribution in [0.25, 0.3) is 0 Å². The molecule has 2 rings (SSSR count). The quantitative estimate of drug-likeness (QED) is 0.871. The van der Waals surface area contributed by atoms with E-state index in [0.29, 0.717) is 11.0 Å². The number of carbonyl (C=O) groups excluding carboxylic acids is 3. The molecule has 0 aliphatic carbocycles. The fourth-order valence-corrected chi connectivity index (χ4v) is 2.43. The first-order valence-corrected chi connectivity index (χ1v) is 6.52. The van der Waals surface area contributed by atoms with E-state index in [9.17, 15) is 23.2 Å². The number of halogens is 2. The fourth-order valence-electron chi connectivity index (χ4n) is 2.43. The predicted molar refractivity (Wildman–Crippen MR) is 70.4 cm³/mol. The largest absolute Gasteiger partial charge is 0.335 e. The van der Waals surface area contributed by atoms with E-state index in [0.717, 1.165) is 12.1 Å². The van der Waals surface area contributed by atoms with Crippen molar-refractivity contribution in [3.63, 3.8) is 0 Å². The van der Waals surface area contributed by atoms with Gasteiger partial charge in [0, 0.05) is 6.07 Å². The fraction of sp³-hybridized carbons (Fsp3) is 0.357. The topological polar surface area (TPSA) is 66.5 Å². The van der Waals surface area contributed by atoms with Gasteiger partial charge in [0.2, 0.25) is 5.91 Å². The van der Waals surface area contributed by atoms with Crippen molar-refractivity contribution in [2.75, 3.05) is 4.90 Å². The number of benzene rings is 1. The summed E-state index contributed by atoms with van der Waals surface area (Å²) in [6, 6.07) is 1.47. The highest BCUT2D eigenvalue weighted by atomic mass is 19.1. The minimum absolute atomic E-state index is 0.167. The average molecular weight is 296 g/mol. The number of barbiturate groups is 1. The summed E-state index contributed by atoms with van der Waals surface area (Å²) in [5.41, 5.74) is -1.80. The minimum atomic E-state index is -1.42. The van der Waals surface area contributed by atoms with Gasteiger partial charge in [-0.25, -0.2) is 18.5 Å². The number of rotatable bonds is 3. The molecule has 0 spiro atoms. The van der Waals surface area contributed by atoms with Crippen LogP contribution in [0.2, 0.25) is 0 Å². The van der Waals surface area contributed by atoms with Crippen LogP contribution in [0.5, 0.6) is 0 Å². The molecule has 21 heavy (non-hydrogen) atoms. The van der Waals surface area contributed by atoms with Crippen molar-refractivity contribution in [3.05, 3.63) is 29.8 Å². The van der Waals surface area contributed by atoms with Crippen LogP contribution in [-0.4, -0.2) is 17.8 Å². The Bertz CT molecular complexity index is 627. The predicted octanol–water partition coefficient (Wildman–Crippen LogP) is 2.35. The third kappa shape index (κ3) is 2.18. The van der Waals surface area contributed by atoms with Gasteiger partial charge in [0.05, 0.1) is 5.69 Å². The van der Waals surface area contributed by atoms with Crippen LogP contribution in [0.4, 0.5) is 19.3 Å². The lowest BCUT2D eigenvalue weighted by Gasteiger charge is -2.38. The van der Waals surface area contributed by atoms with Gasteiger partial charge in [-0.3, -0.25) is 14.9 Å². The standard InChI is InChI=1S/C14H14F2N2O3/c1-3-14(4-2)11(19)17-13(21)18(12(14)20)10-6-5-8(15)7-9(10)16/h5-7H,3-4H2,1-2H3,(H,17,19,21). The van der Waals surface area contributed by atoms with Crippen LogP contribution in [-0.2, 0) is 9.59 Å². The van der Waals surface area contributed by atoms with Crippen molar-refractivity contribution in [2.24, 2.45) is 5.41 Å². The first-order chi connectivity index (χ1) is 9.87. The van der Waals surface area contributed by atoms with Crippen molar-refractivity contribution < 1.29 is 23.2 Å². The second-order valence-corrected chi connectivity index (χ2v) is 4.78. The Morgan fingerprint density at radius 1 is 1.14 bits per heavy atom. The first-order valence-electron chi connectivity index (χ1n) is 6.52. The zero-order chi connectivity index (χ0) is 15.8. The van der Waals surface area contributed by atoms with E-state index in [2.05, 4.69) is 5.32 Å². The summed E-state index contributed by atoms with van der Waals surface area (Å²) in [4.78, 5) is 37.0. The van der Waals surface area contributed by atoms with Crippen LogP contribution in [0.3, 0.4) is 0 Å². The Morgan fingerprint density at radius 3 is 2.29 bits per heavy atom. The Hall–Kier alpha value is -2.31. The highest BCUT2D eigenvalue weighted by Crippen LogP contribution is 2.35. The van der Waals surface area contributed by atoms with Gasteiger partial charge in [0.1, 0.15) is 17.0 Å². The molecule has 1 N–H and O–H groups in total. The lowest BCUT2D eigenvalue weighted by molar-refractivity contribution is -0.143. The van der Waals surface area contributed by atoms with Crippen molar-refractivity contribution in [3.8, 4) is 0 Å². The lowest BCUT2D eigenvalue weighted by Crippen LogP contribution is -2.64. The van der Waals surface area contributed by atoms with Crippen LogP contribution in [0.15, 0.2) is 18.2 Å². The van der Waals surface area contributed by atoms with Gasteiger partial charge in [0.25, 0.3) is 5.91 Å². The summed E-state index contributed by atoms with van der Waals surface area (Å²) >= 11 is 0. The molecule has 112 valence electrons. The Morgan fingerprint density at radius 2 is 1.76 bits per heavy atom. The number of urea groups is 1. The number of nitrogens with zero attached hydrogens (tertiary/aromatic N) is 1. The molecule has 0 aromatic heterocycles. The Balaban J connectivity index is 2.54. The molecule has 1 aliphatic heterocycles. The molecule has 0 radical (unpaired) electrons. The lowest BCUT2D eigenvalue weighted by atomic mass is 9.78. The third-order valence-corrected chi connectivity index (χ3v) is 3.83. The number of anilines is 1. The molecular weight excluding hydrogens is 282 g/mol. The van der Waals surface area contributed by atoms with Gasteiger partial charge >= 0.3 is 6.03 Å². The normalized spacial score (nSPS) is 17.9. The molecule has 1 heterocycles. The van der Waals surface area contributed by atoms with Crippen molar-refractivity contribution in [2.45, 2.75) is 26.7 Å². The number of hydrogen-bond acceptors (Lipinski definition) is 3. The van der Waals surface area contributed by atoms with E-state index in [1.807, 2.05) is 0 Å². The first kappa shape index (κ1) is 15.1. The van der Waals surface area contributed by atoms with E-state index in [-0.39, 0.29) is 18.5 Å². The summed E-state index contributed by atoms with van der Waals surface area (Å²) in [7, 11) is 0. The van der Waals surface area contributed by atoms with Gasteiger partial charge < -0.3 is 0 Å². The minimum Gasteiger partial charge on any atom is -0.276 e. The second-order valence-electron chi connectivity index (χ2n) is 4.78. The van der Waals surface area contributed by atoms with Crippen molar-refractivity contribution in [1.29, 1.82) is 0 Å². The molecule has 0 unspecified atom stereocenters. The smallest absolute Gasteiger partial charge is 0.276 e. The molecule has 1 saturated heterocycles. The average Bonchev–Trinajstić information content (AvgIpc) is 2.42. The highest BCUT2D eigenvalue weighted by molar-refractivity contribution is 6.29. The molecular formula is C14H14F2N2O3. The Kier molecular flexibility index (Phi) is 3.76. The SMILES string of the molecule is CCC1(CC)C(=O)NC(=O)N(c2ccc(F)cc2F)C1=O. The number of carbonyl (C=O) groups is 3. The molecule has 1 aliphatic rings. The molecule has 7 heteroatoms. The van der Waals surface area contributed by atoms with E-state index in [1.165, 1.54) is 0 Å².